The van der Waals surface area contributed by atoms with E-state index < -0.39 is 5.97 Å². The number of rotatable bonds is 5. The van der Waals surface area contributed by atoms with Crippen LogP contribution < -0.4 is 0 Å². The molecule has 0 heterocycles. The van der Waals surface area contributed by atoms with Crippen LogP contribution in [0.25, 0.3) is 0 Å². The maximum Gasteiger partial charge on any atom is 0.335 e. The summed E-state index contributed by atoms with van der Waals surface area (Å²) in [4.78, 5) is 13.4. The van der Waals surface area contributed by atoms with Crippen LogP contribution in [0.2, 0.25) is 0 Å². The first-order chi connectivity index (χ1) is 8.70. The lowest BCUT2D eigenvalue weighted by atomic mass is 10.1. The Kier molecular flexibility index (Phi) is 4.37. The standard InChI is InChI=1S/C15H21NO2/c1-2-16(14-8-3-4-9-14)11-12-6-5-7-13(10-12)15(17)18/h5-7,10,14H,2-4,8-9,11H2,1H3,(H,17,18). The lowest BCUT2D eigenvalue weighted by Crippen LogP contribution is -2.32. The van der Waals surface area contributed by atoms with Gasteiger partial charge in [-0.2, -0.15) is 0 Å². The zero-order valence-electron chi connectivity index (χ0n) is 10.9. The molecule has 1 aliphatic carbocycles. The Morgan fingerprint density at radius 1 is 1.39 bits per heavy atom. The third kappa shape index (κ3) is 3.10. The van der Waals surface area contributed by atoms with Gasteiger partial charge in [-0.25, -0.2) is 4.79 Å². The molecule has 0 amide bonds. The Balaban J connectivity index is 2.06. The molecule has 0 atom stereocenters. The van der Waals surface area contributed by atoms with Gasteiger partial charge in [0.2, 0.25) is 0 Å². The highest BCUT2D eigenvalue weighted by Crippen LogP contribution is 2.24. The monoisotopic (exact) mass is 247 g/mol. The fraction of sp³-hybridized carbons (Fsp3) is 0.533. The first-order valence-corrected chi connectivity index (χ1v) is 6.77. The molecule has 0 aromatic heterocycles. The van der Waals surface area contributed by atoms with Gasteiger partial charge in [0.05, 0.1) is 5.56 Å². The molecule has 1 aromatic rings. The minimum absolute atomic E-state index is 0.384. The summed E-state index contributed by atoms with van der Waals surface area (Å²) in [5, 5.41) is 9.00. The molecule has 3 heteroatoms. The second kappa shape index (κ2) is 6.01. The van der Waals surface area contributed by atoms with E-state index >= 15 is 0 Å². The van der Waals surface area contributed by atoms with Crippen LogP contribution in [0.4, 0.5) is 0 Å². The van der Waals surface area contributed by atoms with Crippen LogP contribution in [0.1, 0.15) is 48.5 Å². The van der Waals surface area contributed by atoms with Crippen LogP contribution >= 0.6 is 0 Å². The highest BCUT2D eigenvalue weighted by Gasteiger charge is 2.21. The number of carbonyl (C=O) groups is 1. The van der Waals surface area contributed by atoms with Gasteiger partial charge >= 0.3 is 5.97 Å². The van der Waals surface area contributed by atoms with Crippen molar-refractivity contribution < 1.29 is 9.90 Å². The van der Waals surface area contributed by atoms with Crippen molar-refractivity contribution in [3.63, 3.8) is 0 Å². The van der Waals surface area contributed by atoms with Crippen molar-refractivity contribution in [3.05, 3.63) is 35.4 Å². The maximum absolute atomic E-state index is 11.0. The number of hydrogen-bond acceptors (Lipinski definition) is 2. The number of hydrogen-bond donors (Lipinski definition) is 1. The summed E-state index contributed by atoms with van der Waals surface area (Å²) in [6.45, 7) is 4.07. The van der Waals surface area contributed by atoms with E-state index in [1.54, 1.807) is 12.1 Å². The van der Waals surface area contributed by atoms with Crippen LogP contribution in [0.15, 0.2) is 24.3 Å². The first-order valence-electron chi connectivity index (χ1n) is 6.77. The van der Waals surface area contributed by atoms with Gasteiger partial charge in [0.1, 0.15) is 0 Å². The first kappa shape index (κ1) is 13.1. The number of benzene rings is 1. The van der Waals surface area contributed by atoms with Crippen molar-refractivity contribution in [2.45, 2.75) is 45.2 Å². The molecule has 1 fully saturated rings. The summed E-state index contributed by atoms with van der Waals surface area (Å²) >= 11 is 0. The van der Waals surface area contributed by atoms with Gasteiger partial charge in [-0.15, -0.1) is 0 Å². The lowest BCUT2D eigenvalue weighted by molar-refractivity contribution is 0.0696. The molecule has 98 valence electrons. The number of aromatic carboxylic acids is 1. The van der Waals surface area contributed by atoms with E-state index in [9.17, 15) is 4.79 Å². The van der Waals surface area contributed by atoms with E-state index in [0.29, 0.717) is 11.6 Å². The summed E-state index contributed by atoms with van der Waals surface area (Å²) in [6, 6.07) is 7.98. The van der Waals surface area contributed by atoms with E-state index in [2.05, 4.69) is 11.8 Å². The van der Waals surface area contributed by atoms with Gasteiger partial charge in [-0.3, -0.25) is 4.90 Å². The predicted octanol–water partition coefficient (Wildman–Crippen LogP) is 3.15. The summed E-state index contributed by atoms with van der Waals surface area (Å²) in [6.07, 6.45) is 5.23. The van der Waals surface area contributed by atoms with E-state index in [-0.39, 0.29) is 0 Å². The van der Waals surface area contributed by atoms with Crippen molar-refractivity contribution in [2.75, 3.05) is 6.54 Å². The fourth-order valence-electron chi connectivity index (χ4n) is 2.81. The smallest absolute Gasteiger partial charge is 0.335 e. The van der Waals surface area contributed by atoms with Gasteiger partial charge in [0.15, 0.2) is 0 Å². The van der Waals surface area contributed by atoms with Crippen molar-refractivity contribution in [2.24, 2.45) is 0 Å². The molecule has 0 aliphatic heterocycles. The van der Waals surface area contributed by atoms with Gasteiger partial charge in [-0.05, 0) is 37.1 Å². The Labute approximate surface area is 108 Å². The molecule has 3 nitrogen and oxygen atoms in total. The van der Waals surface area contributed by atoms with Gasteiger partial charge in [0, 0.05) is 12.6 Å². The second-order valence-electron chi connectivity index (χ2n) is 5.01. The molecule has 0 unspecified atom stereocenters. The summed E-state index contributed by atoms with van der Waals surface area (Å²) < 4.78 is 0. The molecule has 1 N–H and O–H groups in total. The minimum atomic E-state index is -0.847. The molecule has 18 heavy (non-hydrogen) atoms. The van der Waals surface area contributed by atoms with Crippen LogP contribution in [0, 0.1) is 0 Å². The molecule has 0 saturated heterocycles. The zero-order valence-corrected chi connectivity index (χ0v) is 10.9. The van der Waals surface area contributed by atoms with Crippen molar-refractivity contribution >= 4 is 5.97 Å². The fourth-order valence-corrected chi connectivity index (χ4v) is 2.81. The highest BCUT2D eigenvalue weighted by molar-refractivity contribution is 5.87. The summed E-state index contributed by atoms with van der Waals surface area (Å²) in [5.74, 6) is -0.847. The molecule has 0 spiro atoms. The minimum Gasteiger partial charge on any atom is -0.478 e. The quantitative estimate of drug-likeness (QED) is 0.869. The molecule has 1 aromatic carbocycles. The normalized spacial score (nSPS) is 16.3. The van der Waals surface area contributed by atoms with Crippen molar-refractivity contribution in [3.8, 4) is 0 Å². The van der Waals surface area contributed by atoms with E-state index in [0.717, 1.165) is 18.7 Å². The largest absolute Gasteiger partial charge is 0.478 e. The van der Waals surface area contributed by atoms with Crippen molar-refractivity contribution in [1.29, 1.82) is 0 Å². The molecule has 2 rings (SSSR count). The van der Waals surface area contributed by atoms with Gasteiger partial charge in [0.25, 0.3) is 0 Å². The second-order valence-corrected chi connectivity index (χ2v) is 5.01. The van der Waals surface area contributed by atoms with Crippen LogP contribution in [-0.4, -0.2) is 28.6 Å². The topological polar surface area (TPSA) is 40.5 Å². The predicted molar refractivity (Wildman–Crippen MR) is 71.7 cm³/mol. The van der Waals surface area contributed by atoms with Gasteiger partial charge in [-0.1, -0.05) is 31.9 Å². The lowest BCUT2D eigenvalue weighted by Gasteiger charge is -2.27. The van der Waals surface area contributed by atoms with Gasteiger partial charge < -0.3 is 5.11 Å². The Bertz CT molecular complexity index is 411. The molecule has 0 radical (unpaired) electrons. The van der Waals surface area contributed by atoms with E-state index in [4.69, 9.17) is 5.11 Å². The highest BCUT2D eigenvalue weighted by atomic mass is 16.4. The molecular formula is C15H21NO2. The Hall–Kier alpha value is -1.35. The SMILES string of the molecule is CCN(Cc1cccc(C(=O)O)c1)C1CCCC1. The molecular weight excluding hydrogens is 226 g/mol. The molecule has 1 saturated carbocycles. The van der Waals surface area contributed by atoms with Crippen LogP contribution in [-0.2, 0) is 6.54 Å². The van der Waals surface area contributed by atoms with E-state index in [1.807, 2.05) is 12.1 Å². The van der Waals surface area contributed by atoms with Crippen molar-refractivity contribution in [1.82, 2.24) is 4.90 Å². The van der Waals surface area contributed by atoms with Crippen LogP contribution in [0.5, 0.6) is 0 Å². The van der Waals surface area contributed by atoms with E-state index in [1.165, 1.54) is 25.7 Å². The average molecular weight is 247 g/mol. The van der Waals surface area contributed by atoms with Crippen LogP contribution in [0.3, 0.4) is 0 Å². The molecule has 1 aliphatic rings. The number of nitrogens with zero attached hydrogens (tertiary/aromatic N) is 1. The zero-order chi connectivity index (χ0) is 13.0. The Morgan fingerprint density at radius 2 is 2.11 bits per heavy atom. The average Bonchev–Trinajstić information content (AvgIpc) is 2.90. The summed E-state index contributed by atoms with van der Waals surface area (Å²) in [7, 11) is 0. The number of carboxylic acid groups (broad SMARTS) is 1. The molecule has 0 bridgehead atoms. The summed E-state index contributed by atoms with van der Waals surface area (Å²) in [5.41, 5.74) is 1.48. The third-order valence-electron chi connectivity index (χ3n) is 3.81. The maximum atomic E-state index is 11.0. The Morgan fingerprint density at radius 3 is 2.72 bits per heavy atom. The third-order valence-corrected chi connectivity index (χ3v) is 3.81. The number of carboxylic acids is 1.